The average molecular weight is 414 g/mol. The summed E-state index contributed by atoms with van der Waals surface area (Å²) in [7, 11) is 2.97. The minimum atomic E-state index is -0.231. The molecule has 30 heavy (non-hydrogen) atoms. The minimum absolute atomic E-state index is 0.0723. The maximum atomic E-state index is 13.0. The summed E-state index contributed by atoms with van der Waals surface area (Å²) in [6, 6.07) is 12.1. The molecule has 0 aromatic heterocycles. The van der Waals surface area contributed by atoms with Crippen LogP contribution in [-0.4, -0.2) is 51.8 Å². The molecule has 0 aliphatic carbocycles. The molecule has 8 nitrogen and oxygen atoms in total. The number of nitrogens with zero attached hydrogens (tertiary/aromatic N) is 4. The molecule has 1 heterocycles. The summed E-state index contributed by atoms with van der Waals surface area (Å²) in [4.78, 5) is 14.5. The fourth-order valence-electron chi connectivity index (χ4n) is 2.83. The highest BCUT2D eigenvalue weighted by molar-refractivity contribution is 6.06. The zero-order valence-electron chi connectivity index (χ0n) is 16.9. The molecular weight excluding hydrogens is 391 g/mol. The number of fused-ring (bicyclic) bond motifs is 1. The molecule has 158 valence electrons. The van der Waals surface area contributed by atoms with E-state index in [0.29, 0.717) is 33.6 Å². The molecule has 0 N–H and O–H groups in total. The molecule has 0 spiro atoms. The summed E-state index contributed by atoms with van der Waals surface area (Å²) in [6.45, 7) is 7.64. The second-order valence-electron chi connectivity index (χ2n) is 6.48. The number of rotatable bonds is 9. The molecule has 0 unspecified atom stereocenters. The van der Waals surface area contributed by atoms with Crippen molar-refractivity contribution in [2.45, 2.75) is 0 Å². The first kappa shape index (κ1) is 21.1. The SMILES string of the molecule is C=NN(C(=C)OCCN(C)F)c1cccc(C(=O)N(C)c2ccc3c(c2)OCO3)c1. The predicted octanol–water partition coefficient (Wildman–Crippen LogP) is 3.42. The lowest BCUT2D eigenvalue weighted by molar-refractivity contribution is 0.0321. The van der Waals surface area contributed by atoms with Crippen molar-refractivity contribution in [3.63, 3.8) is 0 Å². The van der Waals surface area contributed by atoms with E-state index in [0.717, 1.165) is 0 Å². The van der Waals surface area contributed by atoms with Crippen LogP contribution >= 0.6 is 0 Å². The molecule has 3 rings (SSSR count). The van der Waals surface area contributed by atoms with Crippen molar-refractivity contribution in [2.75, 3.05) is 43.9 Å². The summed E-state index contributed by atoms with van der Waals surface area (Å²) in [5.41, 5.74) is 1.63. The largest absolute Gasteiger partial charge is 0.477 e. The van der Waals surface area contributed by atoms with Gasteiger partial charge in [-0.15, -0.1) is 9.60 Å². The van der Waals surface area contributed by atoms with Gasteiger partial charge >= 0.3 is 0 Å². The second kappa shape index (κ2) is 9.27. The number of hydrogen-bond donors (Lipinski definition) is 0. The first-order valence-electron chi connectivity index (χ1n) is 9.14. The van der Waals surface area contributed by atoms with E-state index in [1.807, 2.05) is 0 Å². The number of halogens is 1. The third-order valence-electron chi connectivity index (χ3n) is 4.43. The molecule has 0 saturated carbocycles. The van der Waals surface area contributed by atoms with Crippen molar-refractivity contribution in [1.29, 1.82) is 0 Å². The summed E-state index contributed by atoms with van der Waals surface area (Å²) < 4.78 is 28.9. The van der Waals surface area contributed by atoms with Gasteiger partial charge in [-0.2, -0.15) is 5.10 Å². The number of carbonyl (C=O) groups excluding carboxylic acids is 1. The topological polar surface area (TPSA) is 66.8 Å². The fourth-order valence-corrected chi connectivity index (χ4v) is 2.83. The van der Waals surface area contributed by atoms with Crippen LogP contribution in [0.15, 0.2) is 60.0 Å². The van der Waals surface area contributed by atoms with Gasteiger partial charge in [0, 0.05) is 38.1 Å². The van der Waals surface area contributed by atoms with Crippen LogP contribution in [0.3, 0.4) is 0 Å². The molecule has 2 aromatic rings. The van der Waals surface area contributed by atoms with E-state index in [-0.39, 0.29) is 31.7 Å². The molecule has 1 aliphatic rings. The normalized spacial score (nSPS) is 11.9. The monoisotopic (exact) mass is 414 g/mol. The van der Waals surface area contributed by atoms with Crippen LogP contribution in [0, 0.1) is 0 Å². The van der Waals surface area contributed by atoms with Gasteiger partial charge in [0.05, 0.1) is 12.2 Å². The number of benzene rings is 2. The molecule has 1 amide bonds. The molecule has 0 atom stereocenters. The van der Waals surface area contributed by atoms with Crippen LogP contribution in [0.2, 0.25) is 0 Å². The molecule has 0 saturated heterocycles. The Labute approximate surface area is 174 Å². The number of anilines is 2. The highest BCUT2D eigenvalue weighted by atomic mass is 19.2. The summed E-state index contributed by atoms with van der Waals surface area (Å²) in [5.74, 6) is 1.17. The minimum Gasteiger partial charge on any atom is -0.477 e. The van der Waals surface area contributed by atoms with Gasteiger partial charge in [0.2, 0.25) is 12.7 Å². The quantitative estimate of drug-likeness (QED) is 0.271. The highest BCUT2D eigenvalue weighted by Gasteiger charge is 2.20. The first-order chi connectivity index (χ1) is 14.4. The van der Waals surface area contributed by atoms with Crippen molar-refractivity contribution in [1.82, 2.24) is 5.12 Å². The van der Waals surface area contributed by atoms with Crippen LogP contribution in [0.1, 0.15) is 10.4 Å². The van der Waals surface area contributed by atoms with Gasteiger partial charge in [0.15, 0.2) is 11.5 Å². The van der Waals surface area contributed by atoms with Gasteiger partial charge < -0.3 is 19.1 Å². The van der Waals surface area contributed by atoms with Crippen molar-refractivity contribution < 1.29 is 23.5 Å². The number of ether oxygens (including phenoxy) is 3. The Morgan fingerprint density at radius 3 is 2.67 bits per heavy atom. The third-order valence-corrected chi connectivity index (χ3v) is 4.43. The van der Waals surface area contributed by atoms with E-state index >= 15 is 0 Å². The number of amides is 1. The van der Waals surface area contributed by atoms with Crippen molar-refractivity contribution in [2.24, 2.45) is 5.10 Å². The number of likely N-dealkylation sites (N-methyl/N-ethyl adjacent to an activating group) is 1. The van der Waals surface area contributed by atoms with Crippen LogP contribution in [0.25, 0.3) is 0 Å². The lowest BCUT2D eigenvalue weighted by Crippen LogP contribution is -2.26. The number of hydrazone groups is 1. The maximum absolute atomic E-state index is 13.0. The van der Waals surface area contributed by atoms with Gasteiger partial charge in [-0.3, -0.25) is 4.79 Å². The molecule has 0 bridgehead atoms. The predicted molar refractivity (Wildman–Crippen MR) is 113 cm³/mol. The van der Waals surface area contributed by atoms with E-state index in [2.05, 4.69) is 18.4 Å². The molecule has 2 aromatic carbocycles. The molecule has 0 radical (unpaired) electrons. The zero-order chi connectivity index (χ0) is 21.7. The Bertz CT molecular complexity index is 950. The van der Waals surface area contributed by atoms with Crippen molar-refractivity contribution in [3.8, 4) is 11.5 Å². The van der Waals surface area contributed by atoms with Crippen molar-refractivity contribution in [3.05, 3.63) is 60.5 Å². The summed E-state index contributed by atoms with van der Waals surface area (Å²) in [5, 5.41) is 5.74. The molecular formula is C21H23FN4O4. The van der Waals surface area contributed by atoms with Gasteiger partial charge in [0.25, 0.3) is 5.91 Å². The summed E-state index contributed by atoms with van der Waals surface area (Å²) in [6.07, 6.45) is 0. The van der Waals surface area contributed by atoms with E-state index in [1.54, 1.807) is 49.5 Å². The van der Waals surface area contributed by atoms with E-state index in [4.69, 9.17) is 14.2 Å². The van der Waals surface area contributed by atoms with Gasteiger partial charge in [0.1, 0.15) is 6.61 Å². The molecule has 0 fully saturated rings. The molecule has 9 heteroatoms. The Morgan fingerprint density at radius 2 is 1.93 bits per heavy atom. The first-order valence-corrected chi connectivity index (χ1v) is 9.14. The smallest absolute Gasteiger partial charge is 0.258 e. The lowest BCUT2D eigenvalue weighted by atomic mass is 10.1. The number of hydrogen-bond acceptors (Lipinski definition) is 7. The van der Waals surface area contributed by atoms with E-state index in [1.165, 1.54) is 17.0 Å². The Hall–Kier alpha value is -3.59. The van der Waals surface area contributed by atoms with Gasteiger partial charge in [-0.1, -0.05) is 6.07 Å². The van der Waals surface area contributed by atoms with Crippen LogP contribution in [0.4, 0.5) is 15.9 Å². The lowest BCUT2D eigenvalue weighted by Gasteiger charge is -2.22. The molecule has 1 aliphatic heterocycles. The Kier molecular flexibility index (Phi) is 6.53. The highest BCUT2D eigenvalue weighted by Crippen LogP contribution is 2.35. The average Bonchev–Trinajstić information content (AvgIpc) is 3.21. The van der Waals surface area contributed by atoms with E-state index in [9.17, 15) is 9.28 Å². The zero-order valence-corrected chi connectivity index (χ0v) is 16.9. The summed E-state index contributed by atoms with van der Waals surface area (Å²) >= 11 is 0. The maximum Gasteiger partial charge on any atom is 0.258 e. The van der Waals surface area contributed by atoms with E-state index < -0.39 is 0 Å². The van der Waals surface area contributed by atoms with Gasteiger partial charge in [-0.05, 0) is 36.9 Å². The van der Waals surface area contributed by atoms with Crippen LogP contribution in [0.5, 0.6) is 11.5 Å². The van der Waals surface area contributed by atoms with Crippen LogP contribution < -0.4 is 19.4 Å². The van der Waals surface area contributed by atoms with Crippen LogP contribution in [-0.2, 0) is 4.74 Å². The Morgan fingerprint density at radius 1 is 1.17 bits per heavy atom. The number of carbonyl (C=O) groups is 1. The van der Waals surface area contributed by atoms with Gasteiger partial charge in [-0.25, -0.2) is 5.01 Å². The standard InChI is InChI=1S/C21H23FN4O4/c1-15(28-11-10-24(3)22)26(23-2)18-7-5-6-16(12-18)21(27)25(4)17-8-9-19-20(13-17)30-14-29-19/h5-9,12-13H,1-2,10-11,14H2,3-4H3. The second-order valence-corrected chi connectivity index (χ2v) is 6.48. The van der Waals surface area contributed by atoms with Crippen molar-refractivity contribution >= 4 is 24.0 Å². The fraction of sp³-hybridized carbons (Fsp3) is 0.238. The third kappa shape index (κ3) is 4.69. The Balaban J connectivity index is 1.75.